The molecule has 0 aliphatic carbocycles. The number of hydrogen-bond acceptors (Lipinski definition) is 3. The Morgan fingerprint density at radius 2 is 1.80 bits per heavy atom. The lowest BCUT2D eigenvalue weighted by atomic mass is 10.1. The van der Waals surface area contributed by atoms with Crippen molar-refractivity contribution >= 4 is 11.8 Å². The van der Waals surface area contributed by atoms with Gasteiger partial charge in [-0.25, -0.2) is 0 Å². The standard InChI is InChI=1S/C17H16N2O/c18-12-16(11-10-14-6-2-1-3-7-14)19-17-9-5-4-8-15(17)13-20/h1-11,16,19-20H,13H2/b11-10-/t16-/m0/s1. The van der Waals surface area contributed by atoms with Gasteiger partial charge in [0.15, 0.2) is 0 Å². The first-order valence-corrected chi connectivity index (χ1v) is 6.41. The van der Waals surface area contributed by atoms with E-state index in [-0.39, 0.29) is 6.61 Å². The fourth-order valence-corrected chi connectivity index (χ4v) is 1.86. The molecule has 0 aliphatic heterocycles. The third-order valence-electron chi connectivity index (χ3n) is 2.92. The van der Waals surface area contributed by atoms with E-state index in [4.69, 9.17) is 0 Å². The van der Waals surface area contributed by atoms with Gasteiger partial charge in [0.25, 0.3) is 0 Å². The van der Waals surface area contributed by atoms with Crippen LogP contribution in [0.3, 0.4) is 0 Å². The lowest BCUT2D eigenvalue weighted by Crippen LogP contribution is -2.15. The van der Waals surface area contributed by atoms with E-state index in [1.807, 2.05) is 66.7 Å². The number of hydrogen-bond donors (Lipinski definition) is 2. The molecule has 20 heavy (non-hydrogen) atoms. The number of aliphatic hydroxyl groups excluding tert-OH is 1. The third kappa shape index (κ3) is 3.71. The molecule has 3 heteroatoms. The van der Waals surface area contributed by atoms with Gasteiger partial charge >= 0.3 is 0 Å². The van der Waals surface area contributed by atoms with E-state index < -0.39 is 6.04 Å². The minimum atomic E-state index is -0.442. The number of rotatable bonds is 5. The van der Waals surface area contributed by atoms with Crippen LogP contribution in [-0.2, 0) is 6.61 Å². The van der Waals surface area contributed by atoms with E-state index >= 15 is 0 Å². The molecule has 2 rings (SSSR count). The molecule has 3 nitrogen and oxygen atoms in total. The third-order valence-corrected chi connectivity index (χ3v) is 2.92. The van der Waals surface area contributed by atoms with Crippen LogP contribution in [-0.4, -0.2) is 11.1 Å². The van der Waals surface area contributed by atoms with Crippen LogP contribution in [0.1, 0.15) is 11.1 Å². The van der Waals surface area contributed by atoms with E-state index in [1.54, 1.807) is 0 Å². The number of benzene rings is 2. The summed E-state index contributed by atoms with van der Waals surface area (Å²) in [5.74, 6) is 0. The summed E-state index contributed by atoms with van der Waals surface area (Å²) in [5, 5.41) is 21.6. The Bertz CT molecular complexity index is 614. The number of nitriles is 1. The predicted molar refractivity (Wildman–Crippen MR) is 80.9 cm³/mol. The number of aliphatic hydroxyl groups is 1. The molecule has 1 atom stereocenters. The maximum atomic E-state index is 9.27. The number of nitrogens with one attached hydrogen (secondary N) is 1. The van der Waals surface area contributed by atoms with Crippen molar-refractivity contribution in [2.24, 2.45) is 0 Å². The van der Waals surface area contributed by atoms with E-state index in [1.165, 1.54) is 0 Å². The Labute approximate surface area is 118 Å². The Kier molecular flexibility index (Phi) is 4.94. The highest BCUT2D eigenvalue weighted by molar-refractivity contribution is 5.56. The van der Waals surface area contributed by atoms with Crippen molar-refractivity contribution in [1.29, 1.82) is 5.26 Å². The summed E-state index contributed by atoms with van der Waals surface area (Å²) in [5.41, 5.74) is 2.60. The molecule has 0 amide bonds. The van der Waals surface area contributed by atoms with Gasteiger partial charge in [-0.15, -0.1) is 0 Å². The minimum absolute atomic E-state index is 0.0519. The Hall–Kier alpha value is -2.57. The van der Waals surface area contributed by atoms with Crippen molar-refractivity contribution in [2.45, 2.75) is 12.6 Å². The fraction of sp³-hybridized carbons (Fsp3) is 0.118. The zero-order valence-electron chi connectivity index (χ0n) is 11.0. The van der Waals surface area contributed by atoms with Crippen LogP contribution in [0.5, 0.6) is 0 Å². The zero-order chi connectivity index (χ0) is 14.2. The topological polar surface area (TPSA) is 56.0 Å². The average molecular weight is 264 g/mol. The molecule has 100 valence electrons. The minimum Gasteiger partial charge on any atom is -0.392 e. The maximum Gasteiger partial charge on any atom is 0.133 e. The first kappa shape index (κ1) is 13.9. The summed E-state index contributed by atoms with van der Waals surface area (Å²) < 4.78 is 0. The highest BCUT2D eigenvalue weighted by Gasteiger charge is 2.05. The quantitative estimate of drug-likeness (QED) is 0.872. The van der Waals surface area contributed by atoms with Crippen LogP contribution in [0.4, 0.5) is 5.69 Å². The molecule has 0 saturated heterocycles. The first-order chi connectivity index (χ1) is 9.83. The van der Waals surface area contributed by atoms with Crippen LogP contribution < -0.4 is 5.32 Å². The van der Waals surface area contributed by atoms with Gasteiger partial charge in [0.1, 0.15) is 6.04 Å². The van der Waals surface area contributed by atoms with Gasteiger partial charge in [0.2, 0.25) is 0 Å². The Morgan fingerprint density at radius 3 is 2.50 bits per heavy atom. The molecule has 0 spiro atoms. The Balaban J connectivity index is 2.10. The normalized spacial score (nSPS) is 12.0. The van der Waals surface area contributed by atoms with Gasteiger partial charge in [-0.2, -0.15) is 5.26 Å². The second kappa shape index (κ2) is 7.13. The van der Waals surface area contributed by atoms with Gasteiger partial charge in [-0.05, 0) is 17.7 Å². The van der Waals surface area contributed by atoms with E-state index in [9.17, 15) is 10.4 Å². The van der Waals surface area contributed by atoms with Gasteiger partial charge in [0, 0.05) is 11.3 Å². The van der Waals surface area contributed by atoms with Crippen LogP contribution in [0.2, 0.25) is 0 Å². The summed E-state index contributed by atoms with van der Waals surface area (Å²) in [6, 6.07) is 19.0. The van der Waals surface area contributed by atoms with Crippen molar-refractivity contribution in [3.8, 4) is 6.07 Å². The Morgan fingerprint density at radius 1 is 1.10 bits per heavy atom. The number of para-hydroxylation sites is 1. The van der Waals surface area contributed by atoms with Crippen molar-refractivity contribution in [3.63, 3.8) is 0 Å². The van der Waals surface area contributed by atoms with Gasteiger partial charge < -0.3 is 10.4 Å². The molecule has 0 unspecified atom stereocenters. The molecular weight excluding hydrogens is 248 g/mol. The average Bonchev–Trinajstić information content (AvgIpc) is 2.52. The molecule has 2 aromatic carbocycles. The van der Waals surface area contributed by atoms with E-state index in [0.29, 0.717) is 0 Å². The molecule has 0 heterocycles. The van der Waals surface area contributed by atoms with Crippen molar-refractivity contribution < 1.29 is 5.11 Å². The monoisotopic (exact) mass is 264 g/mol. The predicted octanol–water partition coefficient (Wildman–Crippen LogP) is 3.20. The molecule has 0 aromatic heterocycles. The largest absolute Gasteiger partial charge is 0.392 e. The van der Waals surface area contributed by atoms with E-state index in [0.717, 1.165) is 16.8 Å². The van der Waals surface area contributed by atoms with E-state index in [2.05, 4.69) is 11.4 Å². The number of nitrogens with zero attached hydrogens (tertiary/aromatic N) is 1. The highest BCUT2D eigenvalue weighted by Crippen LogP contribution is 2.16. The molecular formula is C17H16N2O. The first-order valence-electron chi connectivity index (χ1n) is 6.41. The molecule has 0 bridgehead atoms. The molecule has 0 fully saturated rings. The summed E-state index contributed by atoms with van der Waals surface area (Å²) in [4.78, 5) is 0. The second-order valence-electron chi connectivity index (χ2n) is 4.34. The number of anilines is 1. The SMILES string of the molecule is N#C[C@H](/C=C\c1ccccc1)Nc1ccccc1CO. The zero-order valence-corrected chi connectivity index (χ0v) is 11.0. The summed E-state index contributed by atoms with van der Waals surface area (Å²) in [7, 11) is 0. The summed E-state index contributed by atoms with van der Waals surface area (Å²) >= 11 is 0. The van der Waals surface area contributed by atoms with Crippen LogP contribution in [0.15, 0.2) is 60.7 Å². The summed E-state index contributed by atoms with van der Waals surface area (Å²) in [6.45, 7) is -0.0519. The molecule has 2 N–H and O–H groups in total. The fourth-order valence-electron chi connectivity index (χ4n) is 1.86. The molecule has 0 aliphatic rings. The summed E-state index contributed by atoms with van der Waals surface area (Å²) in [6.07, 6.45) is 3.71. The maximum absolute atomic E-state index is 9.27. The highest BCUT2D eigenvalue weighted by atomic mass is 16.3. The lowest BCUT2D eigenvalue weighted by molar-refractivity contribution is 0.282. The van der Waals surface area contributed by atoms with Crippen LogP contribution in [0, 0.1) is 11.3 Å². The molecule has 2 aromatic rings. The van der Waals surface area contributed by atoms with Crippen LogP contribution >= 0.6 is 0 Å². The second-order valence-corrected chi connectivity index (χ2v) is 4.34. The van der Waals surface area contributed by atoms with Gasteiger partial charge in [-0.1, -0.05) is 54.6 Å². The smallest absolute Gasteiger partial charge is 0.133 e. The van der Waals surface area contributed by atoms with Crippen molar-refractivity contribution in [3.05, 3.63) is 71.8 Å². The lowest BCUT2D eigenvalue weighted by Gasteiger charge is -2.12. The molecule has 0 saturated carbocycles. The van der Waals surface area contributed by atoms with Crippen LogP contribution in [0.25, 0.3) is 6.08 Å². The van der Waals surface area contributed by atoms with Crippen molar-refractivity contribution in [2.75, 3.05) is 5.32 Å². The van der Waals surface area contributed by atoms with Gasteiger partial charge in [0.05, 0.1) is 12.7 Å². The molecule has 0 radical (unpaired) electrons. The van der Waals surface area contributed by atoms with Gasteiger partial charge in [-0.3, -0.25) is 0 Å². The van der Waals surface area contributed by atoms with Crippen molar-refractivity contribution in [1.82, 2.24) is 0 Å².